The smallest absolute Gasteiger partial charge is 0.146 e. The number of hydrogen-bond donors (Lipinski definition) is 0. The van der Waals surface area contributed by atoms with Crippen molar-refractivity contribution in [3.05, 3.63) is 0 Å². The van der Waals surface area contributed by atoms with Crippen molar-refractivity contribution in [3.63, 3.8) is 0 Å². The van der Waals surface area contributed by atoms with Crippen molar-refractivity contribution in [2.45, 2.75) is 0 Å². The van der Waals surface area contributed by atoms with Crippen LogP contribution in [0, 0.1) is 0 Å². The van der Waals surface area contributed by atoms with E-state index in [-0.39, 0.29) is 51.4 Å². The maximum absolute atomic E-state index is 4.72. The number of ether oxygens (including phenoxy) is 2. The Morgan fingerprint density at radius 2 is 1.50 bits per heavy atom. The molecule has 1 aliphatic heterocycles. The van der Waals surface area contributed by atoms with Crippen LogP contribution in [0.1, 0.15) is 0 Å². The molecule has 0 aromatic heterocycles. The Hall–Kier alpha value is 1.56. The monoisotopic (exact) mass is 113 g/mol. The van der Waals surface area contributed by atoms with Crippen molar-refractivity contribution < 1.29 is 9.47 Å². The van der Waals surface area contributed by atoms with Crippen molar-refractivity contribution >= 4 is 51.4 Å². The topological polar surface area (TPSA) is 18.5 Å². The molecule has 0 saturated carbocycles. The van der Waals surface area contributed by atoms with E-state index in [1.54, 1.807) is 0 Å². The molecule has 3 heteroatoms. The maximum atomic E-state index is 4.72. The Morgan fingerprint density at radius 1 is 1.00 bits per heavy atom. The van der Waals surface area contributed by atoms with Gasteiger partial charge in [0.05, 0.1) is 13.2 Å². The Kier molecular flexibility index (Phi) is 5.93. The Bertz CT molecular complexity index is 20.4. The van der Waals surface area contributed by atoms with E-state index in [0.29, 0.717) is 6.79 Å². The minimum absolute atomic E-state index is 0. The van der Waals surface area contributed by atoms with Crippen molar-refractivity contribution in [1.82, 2.24) is 0 Å². The van der Waals surface area contributed by atoms with Gasteiger partial charge in [-0.2, -0.15) is 0 Å². The van der Waals surface area contributed by atoms with Crippen LogP contribution in [0.25, 0.3) is 0 Å². The number of rotatable bonds is 0. The Morgan fingerprint density at radius 3 is 1.67 bits per heavy atom. The third kappa shape index (κ3) is 2.68. The van der Waals surface area contributed by atoms with Crippen LogP contribution in [0.15, 0.2) is 0 Å². The zero-order chi connectivity index (χ0) is 3.54. The molecule has 0 amide bonds. The summed E-state index contributed by atoms with van der Waals surface area (Å²) in [5, 5.41) is 0. The first kappa shape index (κ1) is 7.56. The molecule has 1 radical (unpaired) electrons. The first-order chi connectivity index (χ1) is 2.50. The van der Waals surface area contributed by atoms with Gasteiger partial charge in [0.25, 0.3) is 0 Å². The first-order valence-electron chi connectivity index (χ1n) is 1.65. The average molecular weight is 113 g/mol. The summed E-state index contributed by atoms with van der Waals surface area (Å²) >= 11 is 0. The molecule has 0 spiro atoms. The van der Waals surface area contributed by atoms with E-state index < -0.39 is 0 Å². The second-order valence-electron chi connectivity index (χ2n) is 0.934. The number of hydrogen-bond acceptors (Lipinski definition) is 2. The fourth-order valence-electron chi connectivity index (χ4n) is 0.295. The summed E-state index contributed by atoms with van der Waals surface area (Å²) in [6.45, 7) is 2.06. The van der Waals surface area contributed by atoms with Gasteiger partial charge < -0.3 is 9.47 Å². The zero-order valence-electron chi connectivity index (χ0n) is 3.94. The molecule has 6 heavy (non-hydrogen) atoms. The van der Waals surface area contributed by atoms with Gasteiger partial charge in [0.15, 0.2) is 0 Å². The van der Waals surface area contributed by atoms with E-state index in [1.165, 1.54) is 0 Å². The summed E-state index contributed by atoms with van der Waals surface area (Å²) in [6, 6.07) is 0. The Labute approximate surface area is 79.6 Å². The molecule has 2 nitrogen and oxygen atoms in total. The fraction of sp³-hybridized carbons (Fsp3) is 1.00. The van der Waals surface area contributed by atoms with Gasteiger partial charge in [-0.3, -0.25) is 0 Å². The van der Waals surface area contributed by atoms with Gasteiger partial charge in [0, 0.05) is 51.4 Å². The maximum Gasteiger partial charge on any atom is 0.146 e. The molecule has 0 bridgehead atoms. The molecule has 31 valence electrons. The van der Waals surface area contributed by atoms with Crippen LogP contribution in [0.2, 0.25) is 0 Å². The van der Waals surface area contributed by atoms with Gasteiger partial charge in [0.1, 0.15) is 6.79 Å². The second-order valence-corrected chi connectivity index (χ2v) is 0.934. The normalized spacial score (nSPS) is 20.0. The van der Waals surface area contributed by atoms with Crippen molar-refractivity contribution in [2.24, 2.45) is 0 Å². The van der Waals surface area contributed by atoms with E-state index in [0.717, 1.165) is 13.2 Å². The fourth-order valence-corrected chi connectivity index (χ4v) is 0.295. The van der Waals surface area contributed by atoms with Crippen molar-refractivity contribution in [2.75, 3.05) is 20.0 Å². The van der Waals surface area contributed by atoms with Crippen LogP contribution in [0.3, 0.4) is 0 Å². The van der Waals surface area contributed by atoms with Gasteiger partial charge in [-0.1, -0.05) is 0 Å². The summed E-state index contributed by atoms with van der Waals surface area (Å²) in [6.07, 6.45) is 0. The molecule has 0 aliphatic carbocycles. The van der Waals surface area contributed by atoms with Crippen LogP contribution >= 0.6 is 0 Å². The standard InChI is InChI=1S/C3H6O2.K/c1-2-5-3-4-1;/h1-3H2;. The molecule has 0 N–H and O–H groups in total. The van der Waals surface area contributed by atoms with E-state index in [4.69, 9.17) is 9.47 Å². The molecule has 0 aromatic carbocycles. The molecule has 1 fully saturated rings. The third-order valence-electron chi connectivity index (χ3n) is 0.539. The SMILES string of the molecule is C1COCO1.[K]. The van der Waals surface area contributed by atoms with Crippen LogP contribution in [0.5, 0.6) is 0 Å². The molecule has 1 aliphatic rings. The van der Waals surface area contributed by atoms with E-state index >= 15 is 0 Å². The largest absolute Gasteiger partial charge is 0.353 e. The molecular weight excluding hydrogens is 107 g/mol. The van der Waals surface area contributed by atoms with Crippen LogP contribution in [-0.4, -0.2) is 71.4 Å². The summed E-state index contributed by atoms with van der Waals surface area (Å²) in [5.74, 6) is 0. The summed E-state index contributed by atoms with van der Waals surface area (Å²) < 4.78 is 9.44. The van der Waals surface area contributed by atoms with Crippen LogP contribution in [-0.2, 0) is 9.47 Å². The van der Waals surface area contributed by atoms with Gasteiger partial charge in [-0.15, -0.1) is 0 Å². The Balaban J connectivity index is 0.000000250. The zero-order valence-corrected chi connectivity index (χ0v) is 7.06. The summed E-state index contributed by atoms with van der Waals surface area (Å²) in [5.41, 5.74) is 0. The third-order valence-corrected chi connectivity index (χ3v) is 0.539. The predicted octanol–water partition coefficient (Wildman–Crippen LogP) is -0.390. The molecule has 0 unspecified atom stereocenters. The van der Waals surface area contributed by atoms with Gasteiger partial charge in [-0.25, -0.2) is 0 Å². The van der Waals surface area contributed by atoms with Crippen LogP contribution < -0.4 is 0 Å². The molecule has 1 saturated heterocycles. The van der Waals surface area contributed by atoms with Crippen molar-refractivity contribution in [3.8, 4) is 0 Å². The first-order valence-corrected chi connectivity index (χ1v) is 1.65. The minimum atomic E-state index is 0. The molecule has 0 aromatic rings. The van der Waals surface area contributed by atoms with E-state index in [9.17, 15) is 0 Å². The van der Waals surface area contributed by atoms with Gasteiger partial charge in [-0.05, 0) is 0 Å². The summed E-state index contributed by atoms with van der Waals surface area (Å²) in [7, 11) is 0. The van der Waals surface area contributed by atoms with Gasteiger partial charge >= 0.3 is 0 Å². The van der Waals surface area contributed by atoms with Gasteiger partial charge in [0.2, 0.25) is 0 Å². The summed E-state index contributed by atoms with van der Waals surface area (Å²) in [4.78, 5) is 0. The average Bonchev–Trinajstić information content (AvgIpc) is 1.76. The molecule has 1 rings (SSSR count). The molecular formula is C3H6KO2. The van der Waals surface area contributed by atoms with Crippen LogP contribution in [0.4, 0.5) is 0 Å². The van der Waals surface area contributed by atoms with Crippen molar-refractivity contribution in [1.29, 1.82) is 0 Å². The van der Waals surface area contributed by atoms with E-state index in [1.807, 2.05) is 0 Å². The molecule has 1 heterocycles. The van der Waals surface area contributed by atoms with E-state index in [2.05, 4.69) is 0 Å². The quantitative estimate of drug-likeness (QED) is 0.398. The minimum Gasteiger partial charge on any atom is -0.353 e. The predicted molar refractivity (Wildman–Crippen MR) is 22.5 cm³/mol. The second kappa shape index (κ2) is 4.71. The molecule has 0 atom stereocenters.